The van der Waals surface area contributed by atoms with Crippen molar-refractivity contribution in [2.75, 3.05) is 25.1 Å². The van der Waals surface area contributed by atoms with Crippen molar-refractivity contribution in [3.8, 4) is 6.01 Å². The van der Waals surface area contributed by atoms with Crippen LogP contribution in [0.15, 0.2) is 0 Å². The van der Waals surface area contributed by atoms with Crippen molar-refractivity contribution in [1.82, 2.24) is 15.0 Å². The number of carboxylic acids is 1. The third kappa shape index (κ3) is 3.66. The van der Waals surface area contributed by atoms with Gasteiger partial charge in [0.2, 0.25) is 11.2 Å². The fourth-order valence-corrected chi connectivity index (χ4v) is 2.29. The first-order valence-corrected chi connectivity index (χ1v) is 6.38. The van der Waals surface area contributed by atoms with Gasteiger partial charge in [-0.05, 0) is 30.4 Å². The molecule has 1 saturated heterocycles. The highest BCUT2D eigenvalue weighted by Crippen LogP contribution is 2.24. The molecule has 1 aliphatic heterocycles. The number of aromatic nitrogens is 3. The van der Waals surface area contributed by atoms with E-state index in [-0.39, 0.29) is 23.6 Å². The van der Waals surface area contributed by atoms with Crippen molar-refractivity contribution in [2.45, 2.75) is 19.3 Å². The first kappa shape index (κ1) is 13.8. The molecule has 0 atom stereocenters. The minimum atomic E-state index is -0.747. The van der Waals surface area contributed by atoms with Gasteiger partial charge in [-0.25, -0.2) is 0 Å². The smallest absolute Gasteiger partial charge is 0.322 e. The molecule has 19 heavy (non-hydrogen) atoms. The number of aliphatic carboxylic acids is 1. The maximum Gasteiger partial charge on any atom is 0.322 e. The minimum Gasteiger partial charge on any atom is -0.481 e. The summed E-state index contributed by atoms with van der Waals surface area (Å²) in [6, 6.07) is 0.183. The average molecular weight is 287 g/mol. The first-order chi connectivity index (χ1) is 9.08. The second-order valence-corrected chi connectivity index (χ2v) is 4.76. The summed E-state index contributed by atoms with van der Waals surface area (Å²) >= 11 is 5.80. The average Bonchev–Trinajstić information content (AvgIpc) is 2.38. The first-order valence-electron chi connectivity index (χ1n) is 6.01. The number of anilines is 1. The van der Waals surface area contributed by atoms with Crippen molar-refractivity contribution < 1.29 is 14.6 Å². The summed E-state index contributed by atoms with van der Waals surface area (Å²) in [6.07, 6.45) is 1.82. The molecule has 0 unspecified atom stereocenters. The van der Waals surface area contributed by atoms with E-state index in [0.29, 0.717) is 19.0 Å². The van der Waals surface area contributed by atoms with E-state index in [1.165, 1.54) is 7.11 Å². The Labute approximate surface area is 115 Å². The lowest BCUT2D eigenvalue weighted by molar-refractivity contribution is -0.138. The van der Waals surface area contributed by atoms with Gasteiger partial charge in [-0.2, -0.15) is 15.0 Å². The van der Waals surface area contributed by atoms with Gasteiger partial charge in [-0.15, -0.1) is 0 Å². The van der Waals surface area contributed by atoms with Crippen LogP contribution in [0, 0.1) is 5.92 Å². The van der Waals surface area contributed by atoms with Gasteiger partial charge in [-0.3, -0.25) is 4.79 Å². The van der Waals surface area contributed by atoms with Crippen LogP contribution >= 0.6 is 11.6 Å². The van der Waals surface area contributed by atoms with E-state index < -0.39 is 5.97 Å². The number of rotatable bonds is 4. The lowest BCUT2D eigenvalue weighted by Crippen LogP contribution is -2.35. The van der Waals surface area contributed by atoms with Gasteiger partial charge in [-0.1, -0.05) is 0 Å². The Morgan fingerprint density at radius 3 is 2.68 bits per heavy atom. The van der Waals surface area contributed by atoms with Gasteiger partial charge in [0.05, 0.1) is 7.11 Å². The SMILES string of the molecule is COc1nc(Cl)nc(N2CCC(CC(=O)O)CC2)n1. The Bertz CT molecular complexity index is 463. The predicted molar refractivity (Wildman–Crippen MR) is 68.6 cm³/mol. The van der Waals surface area contributed by atoms with Crippen LogP contribution in [0.1, 0.15) is 19.3 Å². The van der Waals surface area contributed by atoms with Crippen LogP contribution in [-0.2, 0) is 4.79 Å². The topological polar surface area (TPSA) is 88.4 Å². The molecule has 1 aliphatic rings. The summed E-state index contributed by atoms with van der Waals surface area (Å²) in [5, 5.41) is 8.86. The van der Waals surface area contributed by atoms with Crippen LogP contribution in [0.5, 0.6) is 6.01 Å². The van der Waals surface area contributed by atoms with Gasteiger partial charge in [0.25, 0.3) is 0 Å². The third-order valence-corrected chi connectivity index (χ3v) is 3.29. The summed E-state index contributed by atoms with van der Waals surface area (Å²) in [5.74, 6) is -0.0538. The zero-order valence-corrected chi connectivity index (χ0v) is 11.3. The molecule has 0 radical (unpaired) electrons. The molecule has 8 heteroatoms. The Hall–Kier alpha value is -1.63. The van der Waals surface area contributed by atoms with E-state index >= 15 is 0 Å². The van der Waals surface area contributed by atoms with Crippen LogP contribution < -0.4 is 9.64 Å². The van der Waals surface area contributed by atoms with E-state index in [0.717, 1.165) is 12.8 Å². The van der Waals surface area contributed by atoms with Crippen LogP contribution in [0.25, 0.3) is 0 Å². The molecule has 0 bridgehead atoms. The molecule has 0 aliphatic carbocycles. The third-order valence-electron chi connectivity index (χ3n) is 3.12. The largest absolute Gasteiger partial charge is 0.481 e. The minimum absolute atomic E-state index is 0.0921. The lowest BCUT2D eigenvalue weighted by atomic mass is 9.94. The second kappa shape index (κ2) is 6.01. The Morgan fingerprint density at radius 1 is 1.42 bits per heavy atom. The van der Waals surface area contributed by atoms with Crippen molar-refractivity contribution in [3.63, 3.8) is 0 Å². The Morgan fingerprint density at radius 2 is 2.11 bits per heavy atom. The highest BCUT2D eigenvalue weighted by molar-refractivity contribution is 6.28. The zero-order chi connectivity index (χ0) is 13.8. The van der Waals surface area contributed by atoms with Crippen molar-refractivity contribution in [3.05, 3.63) is 5.28 Å². The predicted octanol–water partition coefficient (Wildman–Crippen LogP) is 1.22. The van der Waals surface area contributed by atoms with Crippen LogP contribution in [-0.4, -0.2) is 46.2 Å². The molecule has 0 aromatic carbocycles. The van der Waals surface area contributed by atoms with Gasteiger partial charge >= 0.3 is 12.0 Å². The van der Waals surface area contributed by atoms with E-state index in [1.807, 2.05) is 4.90 Å². The molecule has 0 amide bonds. The van der Waals surface area contributed by atoms with Crippen molar-refractivity contribution >= 4 is 23.5 Å². The van der Waals surface area contributed by atoms with E-state index in [1.54, 1.807) is 0 Å². The number of methoxy groups -OCH3 is 1. The van der Waals surface area contributed by atoms with Crippen molar-refractivity contribution in [2.24, 2.45) is 5.92 Å². The summed E-state index contributed by atoms with van der Waals surface area (Å²) in [4.78, 5) is 24.7. The molecule has 0 spiro atoms. The van der Waals surface area contributed by atoms with Crippen LogP contribution in [0.4, 0.5) is 5.95 Å². The number of carboxylic acid groups (broad SMARTS) is 1. The molecular weight excluding hydrogens is 272 g/mol. The summed E-state index contributed by atoms with van der Waals surface area (Å²) < 4.78 is 4.95. The van der Waals surface area contributed by atoms with Crippen molar-refractivity contribution in [1.29, 1.82) is 0 Å². The van der Waals surface area contributed by atoms with E-state index in [4.69, 9.17) is 21.4 Å². The number of hydrogen-bond acceptors (Lipinski definition) is 6. The fraction of sp³-hybridized carbons (Fsp3) is 0.636. The Kier molecular flexibility index (Phi) is 4.36. The van der Waals surface area contributed by atoms with Gasteiger partial charge in [0.15, 0.2) is 0 Å². The second-order valence-electron chi connectivity index (χ2n) is 4.42. The fourth-order valence-electron chi connectivity index (χ4n) is 2.14. The normalized spacial score (nSPS) is 16.4. The highest BCUT2D eigenvalue weighted by Gasteiger charge is 2.23. The molecule has 7 nitrogen and oxygen atoms in total. The summed E-state index contributed by atoms with van der Waals surface area (Å²) in [7, 11) is 1.47. The molecule has 1 aromatic heterocycles. The zero-order valence-electron chi connectivity index (χ0n) is 10.5. The number of halogens is 1. The quantitative estimate of drug-likeness (QED) is 0.890. The molecule has 1 aromatic rings. The lowest BCUT2D eigenvalue weighted by Gasteiger charge is -2.31. The molecule has 2 rings (SSSR count). The maximum atomic E-state index is 10.7. The molecule has 1 fully saturated rings. The monoisotopic (exact) mass is 286 g/mol. The maximum absolute atomic E-state index is 10.7. The van der Waals surface area contributed by atoms with E-state index in [9.17, 15) is 4.79 Å². The number of ether oxygens (including phenoxy) is 1. The standard InChI is InChI=1S/C11H15ClN4O3/c1-19-11-14-9(12)13-10(15-11)16-4-2-7(3-5-16)6-8(17)18/h7H,2-6H2,1H3,(H,17,18). The molecule has 0 saturated carbocycles. The van der Waals surface area contributed by atoms with Gasteiger partial charge in [0, 0.05) is 19.5 Å². The number of nitrogens with zero attached hydrogens (tertiary/aromatic N) is 4. The number of piperidine rings is 1. The molecule has 2 heterocycles. The van der Waals surface area contributed by atoms with Crippen LogP contribution in [0.3, 0.4) is 0 Å². The molecule has 104 valence electrons. The Balaban J connectivity index is 2.01. The number of hydrogen-bond donors (Lipinski definition) is 1. The van der Waals surface area contributed by atoms with Gasteiger partial charge in [0.1, 0.15) is 0 Å². The number of carbonyl (C=O) groups is 1. The summed E-state index contributed by atoms with van der Waals surface area (Å²) in [5.41, 5.74) is 0. The van der Waals surface area contributed by atoms with Gasteiger partial charge < -0.3 is 14.7 Å². The highest BCUT2D eigenvalue weighted by atomic mass is 35.5. The molecule has 1 N–H and O–H groups in total. The van der Waals surface area contributed by atoms with Crippen LogP contribution in [0.2, 0.25) is 5.28 Å². The summed E-state index contributed by atoms with van der Waals surface area (Å²) in [6.45, 7) is 1.42. The molecular formula is C11H15ClN4O3. The van der Waals surface area contributed by atoms with E-state index in [2.05, 4.69) is 15.0 Å².